The summed E-state index contributed by atoms with van der Waals surface area (Å²) in [5, 5.41) is 8.02. The van der Waals surface area contributed by atoms with Gasteiger partial charge in [0.05, 0.1) is 49.0 Å². The molecule has 5 rings (SSSR count). The molecule has 0 aliphatic carbocycles. The highest BCUT2D eigenvalue weighted by atomic mass is 16.5. The number of carbonyl (C=O) groups is 1. The minimum Gasteiger partial charge on any atom is -0.497 e. The number of furan rings is 1. The fourth-order valence-electron chi connectivity index (χ4n) is 3.65. The molecule has 0 aliphatic rings. The number of ether oxygens (including phenoxy) is 2. The molecule has 0 saturated heterocycles. The molecule has 1 amide bonds. The Morgan fingerprint density at radius 1 is 1.09 bits per heavy atom. The van der Waals surface area contributed by atoms with E-state index in [2.05, 4.69) is 15.4 Å². The smallest absolute Gasteiger partial charge is 0.256 e. The Labute approximate surface area is 195 Å². The minimum absolute atomic E-state index is 0.321. The van der Waals surface area contributed by atoms with Crippen molar-refractivity contribution in [1.82, 2.24) is 19.7 Å². The van der Waals surface area contributed by atoms with Crippen LogP contribution in [0.3, 0.4) is 0 Å². The molecule has 9 heteroatoms. The van der Waals surface area contributed by atoms with Crippen molar-refractivity contribution in [3.8, 4) is 22.8 Å². The van der Waals surface area contributed by atoms with E-state index in [9.17, 15) is 4.79 Å². The van der Waals surface area contributed by atoms with E-state index in [4.69, 9.17) is 18.9 Å². The number of carbonyl (C=O) groups excluding carboxylic acids is 1. The first-order chi connectivity index (χ1) is 16.7. The maximum Gasteiger partial charge on any atom is 0.256 e. The van der Waals surface area contributed by atoms with Crippen LogP contribution in [0.5, 0.6) is 11.5 Å². The summed E-state index contributed by atoms with van der Waals surface area (Å²) in [6, 6.07) is 14.3. The average molecular weight is 455 g/mol. The first kappa shape index (κ1) is 21.2. The molecule has 1 N–H and O–H groups in total. The Balaban J connectivity index is 1.59. The maximum atomic E-state index is 13.5. The third-order valence-electron chi connectivity index (χ3n) is 5.35. The lowest BCUT2D eigenvalue weighted by Crippen LogP contribution is -2.14. The van der Waals surface area contributed by atoms with Gasteiger partial charge in [0.2, 0.25) is 0 Å². The highest BCUT2D eigenvalue weighted by Crippen LogP contribution is 2.31. The summed E-state index contributed by atoms with van der Waals surface area (Å²) in [6.07, 6.45) is 6.64. The second kappa shape index (κ2) is 9.07. The molecular formula is C25H21N5O4. The van der Waals surface area contributed by atoms with E-state index in [1.165, 1.54) is 7.11 Å². The van der Waals surface area contributed by atoms with Gasteiger partial charge in [-0.05, 0) is 42.5 Å². The van der Waals surface area contributed by atoms with Crippen molar-refractivity contribution >= 4 is 22.6 Å². The molecule has 34 heavy (non-hydrogen) atoms. The first-order valence-corrected chi connectivity index (χ1v) is 10.5. The fourth-order valence-corrected chi connectivity index (χ4v) is 3.65. The molecule has 0 radical (unpaired) electrons. The molecular weight excluding hydrogens is 434 g/mol. The van der Waals surface area contributed by atoms with Crippen molar-refractivity contribution in [3.05, 3.63) is 84.7 Å². The van der Waals surface area contributed by atoms with Gasteiger partial charge in [0.1, 0.15) is 23.8 Å². The van der Waals surface area contributed by atoms with Crippen molar-refractivity contribution in [2.75, 3.05) is 19.5 Å². The Hall–Kier alpha value is -4.66. The first-order valence-electron chi connectivity index (χ1n) is 10.5. The van der Waals surface area contributed by atoms with Crippen LogP contribution in [0.4, 0.5) is 5.69 Å². The minimum atomic E-state index is -0.321. The Morgan fingerprint density at radius 3 is 2.74 bits per heavy atom. The molecule has 0 bridgehead atoms. The van der Waals surface area contributed by atoms with Crippen LogP contribution in [-0.2, 0) is 6.54 Å². The number of benzene rings is 1. The van der Waals surface area contributed by atoms with Crippen LogP contribution in [0.15, 0.2) is 77.8 Å². The molecule has 0 fully saturated rings. The Bertz CT molecular complexity index is 1450. The van der Waals surface area contributed by atoms with Crippen molar-refractivity contribution in [2.45, 2.75) is 6.54 Å². The number of hydrogen-bond donors (Lipinski definition) is 1. The predicted molar refractivity (Wildman–Crippen MR) is 126 cm³/mol. The summed E-state index contributed by atoms with van der Waals surface area (Å²) in [5.74, 6) is 1.52. The third-order valence-corrected chi connectivity index (χ3v) is 5.35. The number of fused-ring (bicyclic) bond motifs is 1. The molecule has 0 saturated carbocycles. The molecule has 5 aromatic rings. The average Bonchev–Trinajstić information content (AvgIpc) is 3.54. The number of nitrogens with zero attached hydrogens (tertiary/aromatic N) is 4. The normalized spacial score (nSPS) is 10.9. The lowest BCUT2D eigenvalue weighted by Gasteiger charge is -2.13. The van der Waals surface area contributed by atoms with Crippen molar-refractivity contribution in [1.29, 1.82) is 0 Å². The van der Waals surface area contributed by atoms with Crippen LogP contribution in [0, 0.1) is 0 Å². The predicted octanol–water partition coefficient (Wildman–Crippen LogP) is 4.40. The van der Waals surface area contributed by atoms with Crippen LogP contribution < -0.4 is 14.8 Å². The zero-order chi connectivity index (χ0) is 23.5. The second-order valence-electron chi connectivity index (χ2n) is 7.44. The van der Waals surface area contributed by atoms with Crippen molar-refractivity contribution in [2.24, 2.45) is 0 Å². The summed E-state index contributed by atoms with van der Waals surface area (Å²) < 4.78 is 17.8. The highest BCUT2D eigenvalue weighted by molar-refractivity contribution is 6.13. The summed E-state index contributed by atoms with van der Waals surface area (Å²) in [6.45, 7) is 0.382. The zero-order valence-corrected chi connectivity index (χ0v) is 18.6. The van der Waals surface area contributed by atoms with Gasteiger partial charge in [0, 0.05) is 24.0 Å². The number of pyridine rings is 2. The number of aromatic nitrogens is 4. The molecule has 0 unspecified atom stereocenters. The Kier molecular flexibility index (Phi) is 5.65. The van der Waals surface area contributed by atoms with Gasteiger partial charge >= 0.3 is 0 Å². The van der Waals surface area contributed by atoms with Gasteiger partial charge in [-0.2, -0.15) is 5.10 Å². The molecule has 9 nitrogen and oxygen atoms in total. The zero-order valence-electron chi connectivity index (χ0n) is 18.6. The number of rotatable bonds is 7. The van der Waals surface area contributed by atoms with E-state index < -0.39 is 0 Å². The SMILES string of the molecule is COc1ccc(NC(=O)c2cc(-c3cccnc3)nc3c2cnn3Cc2ccco2)c(OC)c1. The largest absolute Gasteiger partial charge is 0.497 e. The monoisotopic (exact) mass is 455 g/mol. The van der Waals surface area contributed by atoms with Gasteiger partial charge in [0.25, 0.3) is 5.91 Å². The molecule has 0 aliphatic heterocycles. The number of anilines is 1. The van der Waals surface area contributed by atoms with E-state index in [1.807, 2.05) is 24.3 Å². The summed E-state index contributed by atoms with van der Waals surface area (Å²) in [5.41, 5.74) is 2.89. The van der Waals surface area contributed by atoms with Crippen molar-refractivity contribution in [3.63, 3.8) is 0 Å². The van der Waals surface area contributed by atoms with Gasteiger partial charge in [-0.3, -0.25) is 9.78 Å². The van der Waals surface area contributed by atoms with Crippen LogP contribution in [0.1, 0.15) is 16.1 Å². The van der Waals surface area contributed by atoms with E-state index in [0.717, 1.165) is 11.3 Å². The van der Waals surface area contributed by atoms with E-state index in [1.54, 1.807) is 60.9 Å². The molecule has 4 aromatic heterocycles. The topological polar surface area (TPSA) is 104 Å². The van der Waals surface area contributed by atoms with Crippen molar-refractivity contribution < 1.29 is 18.7 Å². The molecule has 1 aromatic carbocycles. The summed E-state index contributed by atoms with van der Waals surface area (Å²) in [4.78, 5) is 22.4. The number of hydrogen-bond acceptors (Lipinski definition) is 7. The maximum absolute atomic E-state index is 13.5. The number of methoxy groups -OCH3 is 2. The third kappa shape index (κ3) is 4.06. The number of amides is 1. The van der Waals surface area contributed by atoms with Crippen LogP contribution in [0.2, 0.25) is 0 Å². The van der Waals surface area contributed by atoms with Crippen LogP contribution >= 0.6 is 0 Å². The molecule has 0 spiro atoms. The van der Waals surface area contributed by atoms with Crippen LogP contribution in [0.25, 0.3) is 22.3 Å². The van der Waals surface area contributed by atoms with E-state index >= 15 is 0 Å². The van der Waals surface area contributed by atoms with E-state index in [-0.39, 0.29) is 5.91 Å². The van der Waals surface area contributed by atoms with Gasteiger partial charge in [0.15, 0.2) is 5.65 Å². The fraction of sp³-hybridized carbons (Fsp3) is 0.120. The molecule has 0 atom stereocenters. The lowest BCUT2D eigenvalue weighted by molar-refractivity contribution is 0.102. The summed E-state index contributed by atoms with van der Waals surface area (Å²) in [7, 11) is 3.11. The molecule has 170 valence electrons. The standard InChI is InChI=1S/C25H21N5O4/c1-32-17-7-8-21(23(11-17)33-2)29-25(31)19-12-22(16-5-3-9-26-13-16)28-24-20(19)14-27-30(24)15-18-6-4-10-34-18/h3-14H,15H2,1-2H3,(H,29,31). The van der Waals surface area contributed by atoms with Crippen LogP contribution in [-0.4, -0.2) is 39.9 Å². The highest BCUT2D eigenvalue weighted by Gasteiger charge is 2.19. The van der Waals surface area contributed by atoms with Gasteiger partial charge in [-0.25, -0.2) is 9.67 Å². The quantitative estimate of drug-likeness (QED) is 0.388. The Morgan fingerprint density at radius 2 is 2.00 bits per heavy atom. The van der Waals surface area contributed by atoms with E-state index in [0.29, 0.717) is 46.0 Å². The summed E-state index contributed by atoms with van der Waals surface area (Å²) >= 11 is 0. The van der Waals surface area contributed by atoms with Gasteiger partial charge in [-0.1, -0.05) is 0 Å². The lowest BCUT2D eigenvalue weighted by atomic mass is 10.1. The van der Waals surface area contributed by atoms with Gasteiger partial charge < -0.3 is 19.2 Å². The van der Waals surface area contributed by atoms with Gasteiger partial charge in [-0.15, -0.1) is 0 Å². The molecule has 4 heterocycles. The number of nitrogens with one attached hydrogen (secondary N) is 1. The second-order valence-corrected chi connectivity index (χ2v) is 7.44.